The molecule has 0 spiro atoms. The molecule has 2 rings (SSSR count). The van der Waals surface area contributed by atoms with Crippen LogP contribution in [0.25, 0.3) is 0 Å². The third-order valence-electron chi connectivity index (χ3n) is 3.44. The zero-order valence-corrected chi connectivity index (χ0v) is 26.3. The summed E-state index contributed by atoms with van der Waals surface area (Å²) in [6.45, 7) is 3.89. The summed E-state index contributed by atoms with van der Waals surface area (Å²) in [5.74, 6) is 1.09. The number of carbonyl (C=O) groups excluding carboxylic acids is 4. The van der Waals surface area contributed by atoms with Gasteiger partial charge in [0.1, 0.15) is 5.75 Å². The summed E-state index contributed by atoms with van der Waals surface area (Å²) in [6.07, 6.45) is 1.47. The van der Waals surface area contributed by atoms with Crippen LogP contribution in [0.3, 0.4) is 0 Å². The molecule has 0 fully saturated rings. The van der Waals surface area contributed by atoms with Gasteiger partial charge in [0, 0.05) is 25.6 Å². The third kappa shape index (κ3) is 20.5. The molecule has 0 bridgehead atoms. The summed E-state index contributed by atoms with van der Waals surface area (Å²) in [4.78, 5) is 46.5. The summed E-state index contributed by atoms with van der Waals surface area (Å²) < 4.78 is 9.76. The normalized spacial score (nSPS) is 8.95. The van der Waals surface area contributed by atoms with Crippen molar-refractivity contribution in [3.63, 3.8) is 0 Å². The molecular formula is C25H36Cl2IN2O6S2-. The molecule has 8 nitrogen and oxygen atoms in total. The Bertz CT molecular complexity index is 969. The predicted molar refractivity (Wildman–Crippen MR) is 158 cm³/mol. The minimum absolute atomic E-state index is 0. The van der Waals surface area contributed by atoms with Gasteiger partial charge in [-0.05, 0) is 23.7 Å². The van der Waals surface area contributed by atoms with E-state index in [4.69, 9.17) is 26.8 Å². The molecule has 0 aliphatic carbocycles. The van der Waals surface area contributed by atoms with Crippen LogP contribution in [-0.2, 0) is 9.59 Å². The topological polar surface area (TPSA) is 125 Å². The maximum atomic E-state index is 11.9. The first-order valence-corrected chi connectivity index (χ1v) is 18.0. The van der Waals surface area contributed by atoms with Gasteiger partial charge in [0.25, 0.3) is 5.24 Å². The summed E-state index contributed by atoms with van der Waals surface area (Å²) in [6, 6.07) is 13.0. The van der Waals surface area contributed by atoms with Crippen LogP contribution in [0.2, 0.25) is 0 Å². The van der Waals surface area contributed by atoms with E-state index in [1.807, 2.05) is 8.93 Å². The fourth-order valence-corrected chi connectivity index (χ4v) is 4.62. The molecule has 1 amide bonds. The van der Waals surface area contributed by atoms with Gasteiger partial charge in [-0.3, -0.25) is 9.59 Å². The number of rotatable bonds is 9. The summed E-state index contributed by atoms with van der Waals surface area (Å²) in [5, 5.41) is 2.17. The Morgan fingerprint density at radius 1 is 0.947 bits per heavy atom. The number of thiol groups is 1. The number of hydrogen-bond acceptors (Lipinski definition) is 9. The van der Waals surface area contributed by atoms with Crippen LogP contribution in [0, 0.1) is 0 Å². The van der Waals surface area contributed by atoms with E-state index in [0.29, 0.717) is 24.4 Å². The number of esters is 2. The van der Waals surface area contributed by atoms with Crippen molar-refractivity contribution in [1.29, 1.82) is 0 Å². The Hall–Kier alpha value is -1.51. The Balaban J connectivity index is -0.000000538. The van der Waals surface area contributed by atoms with Gasteiger partial charge in [-0.15, -0.1) is 11.6 Å². The second-order valence-corrected chi connectivity index (χ2v) is 12.4. The smallest absolute Gasteiger partial charge is 0.00255 e. The molecule has 0 atom stereocenters. The van der Waals surface area contributed by atoms with Crippen molar-refractivity contribution in [2.75, 3.05) is 35.9 Å². The van der Waals surface area contributed by atoms with Gasteiger partial charge in [-0.2, -0.15) is 12.6 Å². The molecule has 38 heavy (non-hydrogen) atoms. The number of amides is 1. The second-order valence-electron chi connectivity index (χ2n) is 6.19. The molecular weight excluding hydrogens is 686 g/mol. The van der Waals surface area contributed by atoms with Gasteiger partial charge >= 0.3 is 126 Å². The van der Waals surface area contributed by atoms with Crippen molar-refractivity contribution >= 4 is 67.9 Å². The van der Waals surface area contributed by atoms with E-state index in [2.05, 4.69) is 34.5 Å². The predicted octanol–water partition coefficient (Wildman–Crippen LogP) is 2.07. The minimum atomic E-state index is -0.642. The van der Waals surface area contributed by atoms with Crippen LogP contribution in [0.5, 0.6) is 11.5 Å². The van der Waals surface area contributed by atoms with Crippen molar-refractivity contribution < 1.29 is 48.5 Å². The molecule has 0 saturated carbocycles. The van der Waals surface area contributed by atoms with E-state index in [0.717, 1.165) is 11.5 Å². The minimum Gasteiger partial charge on any atom is -0.330 e. The third-order valence-corrected chi connectivity index (χ3v) is 7.67. The molecule has 2 aromatic carbocycles. The number of halogens is 3. The number of nitrogens with two attached hydrogens (primary N) is 1. The molecule has 2 aromatic rings. The summed E-state index contributed by atoms with van der Waals surface area (Å²) in [5.41, 5.74) is 5.54. The number of alkyl halides is 2. The average molecular weight is 723 g/mol. The molecule has 0 saturated heterocycles. The van der Waals surface area contributed by atoms with E-state index in [-0.39, 0.29) is 44.5 Å². The summed E-state index contributed by atoms with van der Waals surface area (Å²) in [7, 11) is 1.87. The monoisotopic (exact) mass is 721 g/mol. The van der Waals surface area contributed by atoms with Crippen LogP contribution in [-0.4, -0.2) is 59.0 Å². The summed E-state index contributed by atoms with van der Waals surface area (Å²) >= 11 is 13.9. The maximum absolute atomic E-state index is 11.9. The molecule has 0 unspecified atom stereocenters. The van der Waals surface area contributed by atoms with Crippen molar-refractivity contribution in [3.05, 3.63) is 59.7 Å². The zero-order valence-electron chi connectivity index (χ0n) is 21.0. The van der Waals surface area contributed by atoms with Gasteiger partial charge in [0.15, 0.2) is 0 Å². The first-order chi connectivity index (χ1) is 17.7. The molecule has 0 aliphatic heterocycles. The number of carbonyl (C=O) groups is 4. The number of nitrogens with one attached hydrogen (secondary N) is 1. The average Bonchev–Trinajstić information content (AvgIpc) is 2.88. The quantitative estimate of drug-likeness (QED) is 0.0685. The zero-order chi connectivity index (χ0) is 28.6. The first-order valence-electron chi connectivity index (χ1n) is 10.5. The number of ether oxygens (including phenoxy) is 2. The molecule has 0 heterocycles. The Morgan fingerprint density at radius 3 is 1.76 bits per heavy atom. The van der Waals surface area contributed by atoms with Crippen molar-refractivity contribution in [3.8, 4) is 11.5 Å². The molecule has 216 valence electrons. The van der Waals surface area contributed by atoms with Crippen molar-refractivity contribution in [2.24, 2.45) is 5.73 Å². The van der Waals surface area contributed by atoms with Crippen molar-refractivity contribution in [1.82, 2.24) is 5.32 Å². The van der Waals surface area contributed by atoms with E-state index in [1.54, 1.807) is 36.4 Å². The molecule has 0 aliphatic rings. The van der Waals surface area contributed by atoms with Crippen LogP contribution in [0.1, 0.15) is 42.0 Å². The van der Waals surface area contributed by atoms with Gasteiger partial charge in [0.05, 0.1) is 5.56 Å². The van der Waals surface area contributed by atoms with E-state index in [1.165, 1.54) is 32.4 Å². The van der Waals surface area contributed by atoms with Crippen LogP contribution in [0.4, 0.5) is 0 Å². The molecule has 13 heteroatoms. The fourth-order valence-electron chi connectivity index (χ4n) is 2.15. The fraction of sp³-hybridized carbons (Fsp3) is 0.360. The number of para-hydroxylation sites is 2. The van der Waals surface area contributed by atoms with Gasteiger partial charge < -0.3 is 10.5 Å². The Labute approximate surface area is 254 Å². The van der Waals surface area contributed by atoms with Gasteiger partial charge in [-0.1, -0.05) is 19.6 Å². The molecule has 3 N–H and O–H groups in total. The van der Waals surface area contributed by atoms with Crippen molar-refractivity contribution in [2.45, 2.75) is 21.3 Å². The second kappa shape index (κ2) is 27.1. The largest absolute Gasteiger partial charge is 0.330 e. The number of benzene rings is 2. The molecule has 0 aromatic heterocycles. The van der Waals surface area contributed by atoms with E-state index >= 15 is 0 Å². The number of hydrogen-bond donors (Lipinski definition) is 3. The van der Waals surface area contributed by atoms with Gasteiger partial charge in [0.2, 0.25) is 0 Å². The van der Waals surface area contributed by atoms with Crippen LogP contribution < -0.4 is 40.3 Å². The van der Waals surface area contributed by atoms with E-state index < -0.39 is 17.2 Å². The molecule has 0 radical (unpaired) electrons. The Kier molecular flexibility index (Phi) is 29.2. The maximum Gasteiger partial charge on any atom is 0.00255 e. The Morgan fingerprint density at radius 2 is 1.37 bits per heavy atom. The van der Waals surface area contributed by atoms with Gasteiger partial charge in [-0.25, -0.2) is 0 Å². The standard InChI is InChI=1S/C12H15INO3S.C9H7ClO3.C2H7NS.CH3Cl.CH4/c1-9(15)17-11-6-4-3-5-10(11)12(16)14-7-8-18-13-2;1-6(11)13-8-5-3-2-4-7(8)9(10)12;3-1-2-4;1-2;/h3-6H,7-8H2,1-2H3,(H,14,16);2-5H,1H3;4H,1-3H2;1H3;1H4/q-1;;;;. The van der Waals surface area contributed by atoms with Crippen LogP contribution in [0.15, 0.2) is 48.5 Å². The van der Waals surface area contributed by atoms with E-state index in [9.17, 15) is 19.2 Å². The van der Waals surface area contributed by atoms with Crippen LogP contribution >= 0.6 is 44.8 Å². The SMILES string of the molecule is C.CC(=O)Oc1ccccc1C(=O)Cl.CCl.C[I-]SCCNC(=O)c1ccccc1OC(C)=O.NCCS. The first kappa shape index (κ1) is 41.0.